The lowest BCUT2D eigenvalue weighted by Crippen LogP contribution is -2.38. The van der Waals surface area contributed by atoms with E-state index in [0.717, 1.165) is 5.56 Å². The normalized spacial score (nSPS) is 11.0. The van der Waals surface area contributed by atoms with Crippen LogP contribution in [0.25, 0.3) is 11.2 Å². The Morgan fingerprint density at radius 1 is 1.23 bits per heavy atom. The molecule has 7 nitrogen and oxygen atoms in total. The number of H-pyrrole nitrogens is 1. The predicted octanol–water partition coefficient (Wildman–Crippen LogP) is 1.06. The van der Waals surface area contributed by atoms with Crippen LogP contribution < -0.4 is 16.6 Å². The van der Waals surface area contributed by atoms with Gasteiger partial charge in [0.05, 0.1) is 0 Å². The molecule has 2 heterocycles. The first-order valence-corrected chi connectivity index (χ1v) is 7.09. The van der Waals surface area contributed by atoms with Crippen molar-refractivity contribution in [3.05, 3.63) is 56.7 Å². The van der Waals surface area contributed by atoms with Crippen molar-refractivity contribution in [3.8, 4) is 0 Å². The van der Waals surface area contributed by atoms with E-state index in [1.165, 1.54) is 9.13 Å². The van der Waals surface area contributed by atoms with E-state index in [4.69, 9.17) is 0 Å². The summed E-state index contributed by atoms with van der Waals surface area (Å²) in [5.41, 5.74) is 1.08. The van der Waals surface area contributed by atoms with Crippen molar-refractivity contribution in [1.29, 1.82) is 0 Å². The van der Waals surface area contributed by atoms with Gasteiger partial charge in [0.15, 0.2) is 11.2 Å². The van der Waals surface area contributed by atoms with Gasteiger partial charge in [-0.25, -0.2) is 4.79 Å². The Morgan fingerprint density at radius 2 is 1.95 bits per heavy atom. The van der Waals surface area contributed by atoms with Gasteiger partial charge in [0.2, 0.25) is 5.95 Å². The highest BCUT2D eigenvalue weighted by molar-refractivity contribution is 5.72. The smallest absolute Gasteiger partial charge is 0.332 e. The second-order valence-corrected chi connectivity index (χ2v) is 5.01. The van der Waals surface area contributed by atoms with Gasteiger partial charge in [-0.05, 0) is 12.5 Å². The molecule has 0 radical (unpaired) electrons. The average Bonchev–Trinajstić information content (AvgIpc) is 2.97. The van der Waals surface area contributed by atoms with E-state index in [-0.39, 0.29) is 11.2 Å². The summed E-state index contributed by atoms with van der Waals surface area (Å²) in [4.78, 5) is 31.6. The van der Waals surface area contributed by atoms with Crippen molar-refractivity contribution in [1.82, 2.24) is 19.1 Å². The molecule has 7 heteroatoms. The Balaban J connectivity index is 2.00. The number of anilines is 1. The molecule has 3 aromatic rings. The lowest BCUT2D eigenvalue weighted by atomic mass is 10.2. The summed E-state index contributed by atoms with van der Waals surface area (Å²) in [5, 5.41) is 3.13. The van der Waals surface area contributed by atoms with Crippen molar-refractivity contribution in [2.75, 3.05) is 5.32 Å². The number of rotatable bonds is 4. The number of aromatic amines is 1. The first-order chi connectivity index (χ1) is 10.6. The minimum Gasteiger partial charge on any atom is -0.352 e. The number of nitrogens with one attached hydrogen (secondary N) is 2. The second-order valence-electron chi connectivity index (χ2n) is 5.01. The number of aryl methyl sites for hydroxylation is 1. The third-order valence-electron chi connectivity index (χ3n) is 3.60. The summed E-state index contributed by atoms with van der Waals surface area (Å²) in [7, 11) is 1.61. The highest BCUT2D eigenvalue weighted by atomic mass is 16.2. The molecule has 0 aliphatic heterocycles. The van der Waals surface area contributed by atoms with Crippen LogP contribution in [0.5, 0.6) is 0 Å². The van der Waals surface area contributed by atoms with Crippen molar-refractivity contribution in [3.63, 3.8) is 0 Å². The minimum atomic E-state index is -0.360. The van der Waals surface area contributed by atoms with E-state index in [2.05, 4.69) is 15.3 Å². The van der Waals surface area contributed by atoms with Gasteiger partial charge < -0.3 is 10.3 Å². The lowest BCUT2D eigenvalue weighted by Gasteiger charge is -2.03. The molecule has 0 amide bonds. The van der Waals surface area contributed by atoms with Gasteiger partial charge >= 0.3 is 5.69 Å². The van der Waals surface area contributed by atoms with Crippen LogP contribution in [0.4, 0.5) is 5.95 Å². The van der Waals surface area contributed by atoms with E-state index in [1.54, 1.807) is 14.0 Å². The molecule has 0 aliphatic carbocycles. The molecule has 1 aromatic carbocycles. The standard InChI is InChI=1S/C15H17N5O2/c1-3-20-13(21)11-12(19(2)15(20)22)18-14(17-11)16-9-10-7-5-4-6-8-10/h4-8H,3,9H2,1-2H3,(H2,16,17,18). The number of aromatic nitrogens is 4. The van der Waals surface area contributed by atoms with Crippen LogP contribution >= 0.6 is 0 Å². The fraction of sp³-hybridized carbons (Fsp3) is 0.267. The van der Waals surface area contributed by atoms with Crippen LogP contribution in [-0.4, -0.2) is 19.1 Å². The quantitative estimate of drug-likeness (QED) is 0.754. The molecule has 114 valence electrons. The molecule has 0 fully saturated rings. The van der Waals surface area contributed by atoms with E-state index in [0.29, 0.717) is 30.2 Å². The molecule has 0 saturated heterocycles. The van der Waals surface area contributed by atoms with Gasteiger partial charge in [-0.2, -0.15) is 4.98 Å². The Labute approximate surface area is 126 Å². The summed E-state index contributed by atoms with van der Waals surface area (Å²) in [6, 6.07) is 9.86. The fourth-order valence-electron chi connectivity index (χ4n) is 2.39. The predicted molar refractivity (Wildman–Crippen MR) is 85.0 cm³/mol. The molecule has 0 bridgehead atoms. The van der Waals surface area contributed by atoms with Crippen LogP contribution in [0.1, 0.15) is 12.5 Å². The van der Waals surface area contributed by atoms with Crippen molar-refractivity contribution < 1.29 is 0 Å². The second kappa shape index (κ2) is 5.51. The number of benzene rings is 1. The molecule has 3 rings (SSSR count). The summed E-state index contributed by atoms with van der Waals surface area (Å²) in [6.45, 7) is 2.67. The van der Waals surface area contributed by atoms with Gasteiger partial charge in [0.25, 0.3) is 5.56 Å². The SMILES string of the molecule is CCn1c(=O)c2[nH]c(NCc3ccccc3)nc2n(C)c1=O. The lowest BCUT2D eigenvalue weighted by molar-refractivity contribution is 0.637. The third-order valence-corrected chi connectivity index (χ3v) is 3.60. The zero-order chi connectivity index (χ0) is 15.7. The maximum absolute atomic E-state index is 12.3. The Hall–Kier alpha value is -2.83. The first-order valence-electron chi connectivity index (χ1n) is 7.09. The van der Waals surface area contributed by atoms with E-state index >= 15 is 0 Å². The molecule has 0 atom stereocenters. The van der Waals surface area contributed by atoms with Gasteiger partial charge in [-0.3, -0.25) is 13.9 Å². The zero-order valence-corrected chi connectivity index (χ0v) is 12.5. The van der Waals surface area contributed by atoms with Crippen molar-refractivity contribution in [2.45, 2.75) is 20.0 Å². The van der Waals surface area contributed by atoms with E-state index in [9.17, 15) is 9.59 Å². The van der Waals surface area contributed by atoms with Crippen LogP contribution in [0, 0.1) is 0 Å². The third kappa shape index (κ3) is 2.30. The van der Waals surface area contributed by atoms with Gasteiger partial charge in [-0.1, -0.05) is 30.3 Å². The summed E-state index contributed by atoms with van der Waals surface area (Å²) >= 11 is 0. The highest BCUT2D eigenvalue weighted by Gasteiger charge is 2.14. The maximum Gasteiger partial charge on any atom is 0.332 e. The first kappa shape index (κ1) is 14.1. The number of hydrogen-bond donors (Lipinski definition) is 2. The number of imidazole rings is 1. The van der Waals surface area contributed by atoms with Crippen LogP contribution in [-0.2, 0) is 20.1 Å². The Bertz CT molecular complexity index is 921. The minimum absolute atomic E-state index is 0.327. The number of fused-ring (bicyclic) bond motifs is 1. The highest BCUT2D eigenvalue weighted by Crippen LogP contribution is 2.10. The molecule has 22 heavy (non-hydrogen) atoms. The van der Waals surface area contributed by atoms with Crippen LogP contribution in [0.2, 0.25) is 0 Å². The Kier molecular flexibility index (Phi) is 3.54. The molecule has 0 saturated carbocycles. The molecule has 0 aliphatic rings. The molecule has 0 unspecified atom stereocenters. The zero-order valence-electron chi connectivity index (χ0n) is 12.5. The molecule has 2 N–H and O–H groups in total. The molecular formula is C15H17N5O2. The topological polar surface area (TPSA) is 84.7 Å². The van der Waals surface area contributed by atoms with Gasteiger partial charge in [0.1, 0.15) is 0 Å². The summed E-state index contributed by atoms with van der Waals surface area (Å²) in [5.74, 6) is 0.472. The summed E-state index contributed by atoms with van der Waals surface area (Å²) in [6.07, 6.45) is 0. The number of hydrogen-bond acceptors (Lipinski definition) is 4. The van der Waals surface area contributed by atoms with Crippen molar-refractivity contribution >= 4 is 17.1 Å². The maximum atomic E-state index is 12.3. The molecule has 2 aromatic heterocycles. The van der Waals surface area contributed by atoms with Crippen molar-refractivity contribution in [2.24, 2.45) is 7.05 Å². The monoisotopic (exact) mass is 299 g/mol. The van der Waals surface area contributed by atoms with Gasteiger partial charge in [-0.15, -0.1) is 0 Å². The average molecular weight is 299 g/mol. The van der Waals surface area contributed by atoms with Gasteiger partial charge in [0, 0.05) is 20.1 Å². The molecular weight excluding hydrogens is 282 g/mol. The van der Waals surface area contributed by atoms with E-state index < -0.39 is 0 Å². The van der Waals surface area contributed by atoms with E-state index in [1.807, 2.05) is 30.3 Å². The molecule has 0 spiro atoms. The van der Waals surface area contributed by atoms with Crippen LogP contribution in [0.15, 0.2) is 39.9 Å². The Morgan fingerprint density at radius 3 is 2.64 bits per heavy atom. The summed E-state index contributed by atoms with van der Waals surface area (Å²) < 4.78 is 2.56. The van der Waals surface area contributed by atoms with Crippen LogP contribution in [0.3, 0.4) is 0 Å². The number of nitrogens with zero attached hydrogens (tertiary/aromatic N) is 3. The fourth-order valence-corrected chi connectivity index (χ4v) is 2.39. The largest absolute Gasteiger partial charge is 0.352 e.